The van der Waals surface area contributed by atoms with Gasteiger partial charge in [-0.1, -0.05) is 5.92 Å². The summed E-state index contributed by atoms with van der Waals surface area (Å²) in [7, 11) is 0. The first-order valence-electron chi connectivity index (χ1n) is 3.01. The van der Waals surface area contributed by atoms with E-state index in [-0.39, 0.29) is 0 Å². The van der Waals surface area contributed by atoms with Crippen molar-refractivity contribution in [1.29, 1.82) is 0 Å². The van der Waals surface area contributed by atoms with Gasteiger partial charge in [-0.2, -0.15) is 0 Å². The molecule has 0 N–H and O–H groups in total. The molecule has 0 saturated carbocycles. The van der Waals surface area contributed by atoms with E-state index >= 15 is 0 Å². The third-order valence-electron chi connectivity index (χ3n) is 1.11. The summed E-state index contributed by atoms with van der Waals surface area (Å²) in [6.45, 7) is 1.85. The third-order valence-corrected chi connectivity index (χ3v) is 1.83. The molecule has 1 aromatic rings. The standard InChI is InChI=1S/C9H7I/c1-2-3-8-4-6-9(10)7-5-8/h4-7H,1H3. The van der Waals surface area contributed by atoms with E-state index in [2.05, 4.69) is 46.6 Å². The summed E-state index contributed by atoms with van der Waals surface area (Å²) in [6, 6.07) is 8.16. The molecule has 0 fully saturated rings. The van der Waals surface area contributed by atoms with Crippen molar-refractivity contribution >= 4 is 22.6 Å². The molecule has 0 amide bonds. The van der Waals surface area contributed by atoms with Crippen LogP contribution in [0.5, 0.6) is 0 Å². The average Bonchev–Trinajstić information content (AvgIpc) is 1.95. The summed E-state index contributed by atoms with van der Waals surface area (Å²) >= 11 is 2.28. The van der Waals surface area contributed by atoms with Crippen molar-refractivity contribution in [3.63, 3.8) is 0 Å². The normalized spacial score (nSPS) is 8.20. The maximum Gasteiger partial charge on any atom is 0.0245 e. The predicted molar refractivity (Wildman–Crippen MR) is 51.7 cm³/mol. The Hall–Kier alpha value is -0.490. The Labute approximate surface area is 74.8 Å². The van der Waals surface area contributed by atoms with Crippen molar-refractivity contribution in [2.75, 3.05) is 0 Å². The van der Waals surface area contributed by atoms with Gasteiger partial charge in [0, 0.05) is 9.13 Å². The van der Waals surface area contributed by atoms with Crippen molar-refractivity contribution in [2.24, 2.45) is 0 Å². The molecule has 0 aromatic heterocycles. The van der Waals surface area contributed by atoms with Crippen LogP contribution in [0.25, 0.3) is 0 Å². The van der Waals surface area contributed by atoms with Gasteiger partial charge in [0.05, 0.1) is 0 Å². The molecular weight excluding hydrogens is 235 g/mol. The Morgan fingerprint density at radius 1 is 1.20 bits per heavy atom. The van der Waals surface area contributed by atoms with Crippen LogP contribution in [-0.2, 0) is 0 Å². The van der Waals surface area contributed by atoms with E-state index < -0.39 is 0 Å². The maximum atomic E-state index is 2.98. The Bertz CT molecular complexity index is 261. The van der Waals surface area contributed by atoms with Crippen LogP contribution in [-0.4, -0.2) is 0 Å². The van der Waals surface area contributed by atoms with Gasteiger partial charge in [0.2, 0.25) is 0 Å². The largest absolute Gasteiger partial charge is 0.101 e. The maximum absolute atomic E-state index is 2.98. The molecule has 0 aliphatic carbocycles. The van der Waals surface area contributed by atoms with Crippen molar-refractivity contribution in [2.45, 2.75) is 6.92 Å². The van der Waals surface area contributed by atoms with E-state index in [9.17, 15) is 0 Å². The van der Waals surface area contributed by atoms with Gasteiger partial charge in [0.1, 0.15) is 0 Å². The summed E-state index contributed by atoms with van der Waals surface area (Å²) in [5.74, 6) is 5.83. The molecule has 0 spiro atoms. The third kappa shape index (κ3) is 2.03. The lowest BCUT2D eigenvalue weighted by Crippen LogP contribution is -1.73. The Morgan fingerprint density at radius 2 is 1.80 bits per heavy atom. The molecule has 1 rings (SSSR count). The van der Waals surface area contributed by atoms with Crippen LogP contribution in [0.2, 0.25) is 0 Å². The highest BCUT2D eigenvalue weighted by Crippen LogP contribution is 2.04. The molecule has 1 aromatic carbocycles. The second-order valence-corrected chi connectivity index (χ2v) is 3.13. The van der Waals surface area contributed by atoms with Crippen LogP contribution < -0.4 is 0 Å². The number of hydrogen-bond acceptors (Lipinski definition) is 0. The zero-order valence-electron chi connectivity index (χ0n) is 5.69. The quantitative estimate of drug-likeness (QED) is 0.484. The predicted octanol–water partition coefficient (Wildman–Crippen LogP) is 2.66. The van der Waals surface area contributed by atoms with Crippen LogP contribution >= 0.6 is 22.6 Å². The highest BCUT2D eigenvalue weighted by molar-refractivity contribution is 14.1. The summed E-state index contributed by atoms with van der Waals surface area (Å²) in [4.78, 5) is 0. The van der Waals surface area contributed by atoms with Crippen molar-refractivity contribution in [1.82, 2.24) is 0 Å². The van der Waals surface area contributed by atoms with Crippen LogP contribution in [0, 0.1) is 15.4 Å². The lowest BCUT2D eigenvalue weighted by Gasteiger charge is -1.88. The summed E-state index contributed by atoms with van der Waals surface area (Å²) in [5, 5.41) is 0. The van der Waals surface area contributed by atoms with E-state index in [1.807, 2.05) is 19.1 Å². The van der Waals surface area contributed by atoms with Gasteiger partial charge in [0.15, 0.2) is 0 Å². The molecule has 10 heavy (non-hydrogen) atoms. The summed E-state index contributed by atoms with van der Waals surface area (Å²) in [5.41, 5.74) is 1.09. The van der Waals surface area contributed by atoms with Crippen molar-refractivity contribution in [3.8, 4) is 11.8 Å². The highest BCUT2D eigenvalue weighted by atomic mass is 127. The van der Waals surface area contributed by atoms with Gasteiger partial charge >= 0.3 is 0 Å². The lowest BCUT2D eigenvalue weighted by molar-refractivity contribution is 1.60. The van der Waals surface area contributed by atoms with Gasteiger partial charge < -0.3 is 0 Å². The van der Waals surface area contributed by atoms with Crippen LogP contribution in [0.3, 0.4) is 0 Å². The van der Waals surface area contributed by atoms with Crippen LogP contribution in [0.4, 0.5) is 0 Å². The molecule has 1 heteroatoms. The minimum absolute atomic E-state index is 1.09. The zero-order valence-corrected chi connectivity index (χ0v) is 7.84. The van der Waals surface area contributed by atoms with Gasteiger partial charge in [-0.15, -0.1) is 5.92 Å². The topological polar surface area (TPSA) is 0 Å². The highest BCUT2D eigenvalue weighted by Gasteiger charge is 1.84. The number of rotatable bonds is 0. The number of halogens is 1. The molecule has 0 unspecified atom stereocenters. The fraction of sp³-hybridized carbons (Fsp3) is 0.111. The van der Waals surface area contributed by atoms with Gasteiger partial charge in [-0.25, -0.2) is 0 Å². The molecule has 0 heterocycles. The van der Waals surface area contributed by atoms with Gasteiger partial charge in [-0.05, 0) is 53.8 Å². The Kier molecular flexibility index (Phi) is 2.76. The number of hydrogen-bond donors (Lipinski definition) is 0. The minimum atomic E-state index is 1.09. The SMILES string of the molecule is CC#Cc1ccc(I)cc1. The van der Waals surface area contributed by atoms with Gasteiger partial charge in [-0.3, -0.25) is 0 Å². The zero-order chi connectivity index (χ0) is 7.40. The molecular formula is C9H7I. The Morgan fingerprint density at radius 3 is 2.30 bits per heavy atom. The molecule has 0 aliphatic heterocycles. The first-order valence-corrected chi connectivity index (χ1v) is 4.09. The molecule has 0 nitrogen and oxygen atoms in total. The van der Waals surface area contributed by atoms with E-state index in [1.54, 1.807) is 0 Å². The van der Waals surface area contributed by atoms with Gasteiger partial charge in [0.25, 0.3) is 0 Å². The van der Waals surface area contributed by atoms with Crippen LogP contribution in [0.15, 0.2) is 24.3 Å². The molecule has 0 bridgehead atoms. The molecule has 50 valence electrons. The first kappa shape index (κ1) is 7.62. The molecule has 0 saturated heterocycles. The van der Waals surface area contributed by atoms with E-state index in [4.69, 9.17) is 0 Å². The second kappa shape index (κ2) is 3.62. The fourth-order valence-corrected chi connectivity index (χ4v) is 1.04. The van der Waals surface area contributed by atoms with Crippen LogP contribution in [0.1, 0.15) is 12.5 Å². The average molecular weight is 242 g/mol. The molecule has 0 aliphatic rings. The Balaban J connectivity index is 2.97. The van der Waals surface area contributed by atoms with Crippen molar-refractivity contribution < 1.29 is 0 Å². The second-order valence-electron chi connectivity index (χ2n) is 1.88. The monoisotopic (exact) mass is 242 g/mol. The fourth-order valence-electron chi connectivity index (χ4n) is 0.678. The molecule has 0 atom stereocenters. The van der Waals surface area contributed by atoms with E-state index in [1.165, 1.54) is 3.57 Å². The smallest absolute Gasteiger partial charge is 0.0245 e. The lowest BCUT2D eigenvalue weighted by atomic mass is 10.2. The minimum Gasteiger partial charge on any atom is -0.101 e. The number of benzene rings is 1. The van der Waals surface area contributed by atoms with Crippen molar-refractivity contribution in [3.05, 3.63) is 33.4 Å². The summed E-state index contributed by atoms with van der Waals surface area (Å²) in [6.07, 6.45) is 0. The first-order chi connectivity index (χ1) is 4.83. The molecule has 0 radical (unpaired) electrons. The summed E-state index contributed by atoms with van der Waals surface area (Å²) < 4.78 is 1.25. The van der Waals surface area contributed by atoms with E-state index in [0.29, 0.717) is 0 Å². The van der Waals surface area contributed by atoms with E-state index in [0.717, 1.165) is 5.56 Å².